The fraction of sp³-hybridized carbons (Fsp3) is 0. The molecule has 0 aliphatic carbocycles. The average Bonchev–Trinajstić information content (AvgIpc) is 2.60. The molecule has 7 heteroatoms. The van der Waals surface area contributed by atoms with Crippen LogP contribution in [0.2, 0.25) is 10.0 Å². The molecule has 0 aliphatic rings. The van der Waals surface area contributed by atoms with Crippen LogP contribution in [-0.2, 0) is 0 Å². The number of para-hydroxylation sites is 2. The van der Waals surface area contributed by atoms with E-state index in [1.54, 1.807) is 42.5 Å². The maximum atomic E-state index is 12.1. The van der Waals surface area contributed by atoms with Gasteiger partial charge in [0.05, 0.1) is 15.7 Å². The van der Waals surface area contributed by atoms with Crippen molar-refractivity contribution in [1.29, 1.82) is 0 Å². The lowest BCUT2D eigenvalue weighted by molar-refractivity contribution is 0.102. The number of hydrogen-bond donors (Lipinski definition) is 2. The van der Waals surface area contributed by atoms with Gasteiger partial charge in [0, 0.05) is 5.69 Å². The van der Waals surface area contributed by atoms with E-state index >= 15 is 0 Å². The third-order valence-electron chi connectivity index (χ3n) is 3.14. The van der Waals surface area contributed by atoms with E-state index in [2.05, 4.69) is 20.8 Å². The third kappa shape index (κ3) is 3.82. The molecule has 1 aromatic heterocycles. The minimum atomic E-state index is -0.337. The largest absolute Gasteiger partial charge is 0.336 e. The molecule has 0 bridgehead atoms. The molecule has 24 heavy (non-hydrogen) atoms. The average molecular weight is 359 g/mol. The number of carbonyl (C=O) groups is 1. The Morgan fingerprint density at radius 2 is 1.54 bits per heavy atom. The lowest BCUT2D eigenvalue weighted by atomic mass is 10.3. The number of hydrogen-bond acceptors (Lipinski definition) is 4. The fourth-order valence-electron chi connectivity index (χ4n) is 1.98. The van der Waals surface area contributed by atoms with Crippen molar-refractivity contribution in [3.05, 3.63) is 76.4 Å². The van der Waals surface area contributed by atoms with Gasteiger partial charge >= 0.3 is 0 Å². The molecule has 0 saturated carbocycles. The molecule has 0 radical (unpaired) electrons. The lowest BCUT2D eigenvalue weighted by Crippen LogP contribution is -2.14. The zero-order valence-electron chi connectivity index (χ0n) is 12.3. The van der Waals surface area contributed by atoms with Crippen LogP contribution in [-0.4, -0.2) is 16.1 Å². The van der Waals surface area contributed by atoms with Crippen molar-refractivity contribution in [2.24, 2.45) is 0 Å². The number of carbonyl (C=O) groups excluding carboxylic acids is 1. The van der Waals surface area contributed by atoms with E-state index in [4.69, 9.17) is 23.2 Å². The van der Waals surface area contributed by atoms with Crippen molar-refractivity contribution in [2.75, 3.05) is 10.6 Å². The standard InChI is InChI=1S/C17H12Cl2N4O/c18-12-7-4-8-13(19)16(12)21-15-10-9-14(22-23-15)17(24)20-11-5-2-1-3-6-11/h1-10H,(H,20,24)(H,21,23). The summed E-state index contributed by atoms with van der Waals surface area (Å²) in [6.07, 6.45) is 0. The zero-order chi connectivity index (χ0) is 16.9. The second kappa shape index (κ2) is 7.29. The van der Waals surface area contributed by atoms with Gasteiger partial charge in [-0.2, -0.15) is 0 Å². The molecule has 5 nitrogen and oxygen atoms in total. The van der Waals surface area contributed by atoms with Crippen molar-refractivity contribution >= 4 is 46.3 Å². The van der Waals surface area contributed by atoms with E-state index in [1.807, 2.05) is 18.2 Å². The molecular weight excluding hydrogens is 347 g/mol. The Morgan fingerprint density at radius 1 is 0.833 bits per heavy atom. The maximum Gasteiger partial charge on any atom is 0.276 e. The summed E-state index contributed by atoms with van der Waals surface area (Å²) in [5, 5.41) is 14.6. The van der Waals surface area contributed by atoms with E-state index in [0.29, 0.717) is 27.2 Å². The Hall–Kier alpha value is -2.63. The van der Waals surface area contributed by atoms with Gasteiger partial charge in [0.15, 0.2) is 11.5 Å². The summed E-state index contributed by atoms with van der Waals surface area (Å²) in [5.41, 5.74) is 1.43. The number of benzene rings is 2. The Balaban J connectivity index is 1.72. The predicted molar refractivity (Wildman–Crippen MR) is 96.2 cm³/mol. The summed E-state index contributed by atoms with van der Waals surface area (Å²) in [7, 11) is 0. The summed E-state index contributed by atoms with van der Waals surface area (Å²) in [6, 6.07) is 17.5. The highest BCUT2D eigenvalue weighted by atomic mass is 35.5. The number of nitrogens with one attached hydrogen (secondary N) is 2. The molecule has 0 atom stereocenters. The second-order valence-electron chi connectivity index (χ2n) is 4.85. The van der Waals surface area contributed by atoms with E-state index in [0.717, 1.165) is 0 Å². The quantitative estimate of drug-likeness (QED) is 0.704. The van der Waals surface area contributed by atoms with Crippen LogP contribution in [0.3, 0.4) is 0 Å². The molecule has 0 saturated heterocycles. The number of amides is 1. The van der Waals surface area contributed by atoms with Crippen LogP contribution < -0.4 is 10.6 Å². The van der Waals surface area contributed by atoms with Gasteiger partial charge < -0.3 is 10.6 Å². The highest BCUT2D eigenvalue weighted by Crippen LogP contribution is 2.31. The number of halogens is 2. The summed E-state index contributed by atoms with van der Waals surface area (Å²) in [5.74, 6) is 0.0947. The fourth-order valence-corrected chi connectivity index (χ4v) is 2.47. The van der Waals surface area contributed by atoms with E-state index in [-0.39, 0.29) is 11.6 Å². The molecule has 2 aromatic carbocycles. The van der Waals surface area contributed by atoms with Crippen LogP contribution in [0.5, 0.6) is 0 Å². The van der Waals surface area contributed by atoms with Gasteiger partial charge in [0.1, 0.15) is 0 Å². The summed E-state index contributed by atoms with van der Waals surface area (Å²) in [4.78, 5) is 12.1. The Labute approximate surface area is 148 Å². The highest BCUT2D eigenvalue weighted by molar-refractivity contribution is 6.39. The Bertz CT molecular complexity index is 834. The van der Waals surface area contributed by atoms with Gasteiger partial charge in [-0.1, -0.05) is 47.5 Å². The first kappa shape index (κ1) is 16.2. The molecule has 2 N–H and O–H groups in total. The predicted octanol–water partition coefficient (Wildman–Crippen LogP) is 4.78. The molecule has 120 valence electrons. The molecule has 1 amide bonds. The molecular formula is C17H12Cl2N4O. The lowest BCUT2D eigenvalue weighted by Gasteiger charge is -2.09. The van der Waals surface area contributed by atoms with Crippen molar-refractivity contribution < 1.29 is 4.79 Å². The van der Waals surface area contributed by atoms with Gasteiger partial charge in [-0.25, -0.2) is 0 Å². The van der Waals surface area contributed by atoms with Crippen molar-refractivity contribution in [3.8, 4) is 0 Å². The van der Waals surface area contributed by atoms with E-state index in [9.17, 15) is 4.79 Å². The molecule has 0 fully saturated rings. The van der Waals surface area contributed by atoms with Crippen molar-refractivity contribution in [2.45, 2.75) is 0 Å². The first-order valence-electron chi connectivity index (χ1n) is 7.04. The van der Waals surface area contributed by atoms with Crippen LogP contribution in [0.1, 0.15) is 10.5 Å². The van der Waals surface area contributed by atoms with E-state index in [1.165, 1.54) is 0 Å². The topological polar surface area (TPSA) is 66.9 Å². The van der Waals surface area contributed by atoms with Crippen molar-refractivity contribution in [1.82, 2.24) is 10.2 Å². The highest BCUT2D eigenvalue weighted by Gasteiger charge is 2.10. The number of rotatable bonds is 4. The first-order chi connectivity index (χ1) is 11.6. The van der Waals surface area contributed by atoms with E-state index < -0.39 is 0 Å². The molecule has 0 spiro atoms. The van der Waals surface area contributed by atoms with Crippen LogP contribution in [0.25, 0.3) is 0 Å². The maximum absolute atomic E-state index is 12.1. The number of anilines is 3. The van der Waals surface area contributed by atoms with Crippen LogP contribution >= 0.6 is 23.2 Å². The smallest absolute Gasteiger partial charge is 0.276 e. The molecule has 0 aliphatic heterocycles. The van der Waals surface area contributed by atoms with Gasteiger partial charge in [-0.05, 0) is 36.4 Å². The first-order valence-corrected chi connectivity index (χ1v) is 7.80. The number of aromatic nitrogens is 2. The van der Waals surface area contributed by atoms with Gasteiger partial charge in [0.2, 0.25) is 0 Å². The van der Waals surface area contributed by atoms with Crippen LogP contribution in [0.15, 0.2) is 60.7 Å². The van der Waals surface area contributed by atoms with Gasteiger partial charge in [-0.3, -0.25) is 4.79 Å². The monoisotopic (exact) mass is 358 g/mol. The van der Waals surface area contributed by atoms with Gasteiger partial charge in [-0.15, -0.1) is 10.2 Å². The summed E-state index contributed by atoms with van der Waals surface area (Å²) in [6.45, 7) is 0. The minimum absolute atomic E-state index is 0.203. The third-order valence-corrected chi connectivity index (χ3v) is 3.77. The van der Waals surface area contributed by atoms with Crippen molar-refractivity contribution in [3.63, 3.8) is 0 Å². The van der Waals surface area contributed by atoms with Crippen LogP contribution in [0, 0.1) is 0 Å². The Kier molecular flexibility index (Phi) is 4.93. The van der Waals surface area contributed by atoms with Crippen LogP contribution in [0.4, 0.5) is 17.2 Å². The number of nitrogens with zero attached hydrogens (tertiary/aromatic N) is 2. The molecule has 0 unspecified atom stereocenters. The molecule has 3 rings (SSSR count). The molecule has 1 heterocycles. The SMILES string of the molecule is O=C(Nc1ccccc1)c1ccc(Nc2c(Cl)cccc2Cl)nn1. The zero-order valence-corrected chi connectivity index (χ0v) is 13.8. The summed E-state index contributed by atoms with van der Waals surface area (Å²) >= 11 is 12.2. The molecule has 3 aromatic rings. The minimum Gasteiger partial charge on any atom is -0.336 e. The normalized spacial score (nSPS) is 10.2. The van der Waals surface area contributed by atoms with Gasteiger partial charge in [0.25, 0.3) is 5.91 Å². The second-order valence-corrected chi connectivity index (χ2v) is 5.66. The Morgan fingerprint density at radius 3 is 2.17 bits per heavy atom. The summed E-state index contributed by atoms with van der Waals surface area (Å²) < 4.78 is 0.